The highest BCUT2D eigenvalue weighted by Gasteiger charge is 2.61. The van der Waals surface area contributed by atoms with Gasteiger partial charge in [0.25, 0.3) is 0 Å². The molecule has 2 saturated carbocycles. The number of carbonyl (C=O) groups is 2. The Bertz CT molecular complexity index is 778. The first-order valence-electron chi connectivity index (χ1n) is 11.4. The number of allylic oxidation sites excluding steroid dienone is 1. The minimum absolute atomic E-state index is 0.00204. The first-order valence-corrected chi connectivity index (χ1v) is 11.4. The zero-order chi connectivity index (χ0) is 22.2. The van der Waals surface area contributed by atoms with Crippen LogP contribution in [-0.4, -0.2) is 57.7 Å². The number of hydrogen-bond acceptors (Lipinski definition) is 7. The van der Waals surface area contributed by atoms with Gasteiger partial charge in [0.15, 0.2) is 0 Å². The van der Waals surface area contributed by atoms with E-state index in [4.69, 9.17) is 18.9 Å². The van der Waals surface area contributed by atoms with Crippen LogP contribution >= 0.6 is 0 Å². The Hall–Kier alpha value is -1.86. The standard InChI is InChI=1S/C24H35NO6/c1-15-5-6-19-23(2,9-7-20-24(19,3)14-30-22(27)31-20)17(15)13-18(25-10-12-28-4)16-8-11-29-21(16)26/h8,17-20,25H,1,5-7,9-14H2,2-4H3/t17?,18?,19?,20-,23+,24+/m1/s1. The molecule has 1 saturated heterocycles. The Morgan fingerprint density at radius 2 is 2.06 bits per heavy atom. The summed E-state index contributed by atoms with van der Waals surface area (Å²) < 4.78 is 21.4. The van der Waals surface area contributed by atoms with E-state index in [1.54, 1.807) is 7.11 Å². The maximum Gasteiger partial charge on any atom is 0.508 e. The van der Waals surface area contributed by atoms with E-state index in [0.29, 0.717) is 37.9 Å². The Morgan fingerprint density at radius 1 is 1.26 bits per heavy atom. The Labute approximate surface area is 184 Å². The van der Waals surface area contributed by atoms with Crippen molar-refractivity contribution in [2.24, 2.45) is 22.7 Å². The molecule has 1 N–H and O–H groups in total. The molecule has 0 aromatic carbocycles. The molecule has 2 heterocycles. The van der Waals surface area contributed by atoms with Gasteiger partial charge in [-0.15, -0.1) is 0 Å². The average Bonchev–Trinajstić information content (AvgIpc) is 3.16. The largest absolute Gasteiger partial charge is 0.508 e. The zero-order valence-corrected chi connectivity index (χ0v) is 18.9. The molecule has 3 unspecified atom stereocenters. The molecular formula is C24H35NO6. The molecule has 0 radical (unpaired) electrons. The molecule has 7 heteroatoms. The minimum Gasteiger partial charge on any atom is -0.458 e. The number of carbonyl (C=O) groups excluding carboxylic acids is 2. The lowest BCUT2D eigenvalue weighted by Crippen LogP contribution is -2.61. The number of rotatable bonds is 7. The van der Waals surface area contributed by atoms with Crippen LogP contribution in [0.1, 0.15) is 46.0 Å². The second kappa shape index (κ2) is 8.58. The second-order valence-electron chi connectivity index (χ2n) is 9.99. The van der Waals surface area contributed by atoms with Crippen LogP contribution in [0.25, 0.3) is 0 Å². The highest BCUT2D eigenvalue weighted by Crippen LogP contribution is 2.63. The maximum absolute atomic E-state index is 12.4. The third-order valence-electron chi connectivity index (χ3n) is 8.35. The van der Waals surface area contributed by atoms with Crippen LogP contribution < -0.4 is 5.32 Å². The maximum atomic E-state index is 12.4. The summed E-state index contributed by atoms with van der Waals surface area (Å²) in [5.41, 5.74) is 1.76. The van der Waals surface area contributed by atoms with Crippen molar-refractivity contribution in [2.45, 2.75) is 58.1 Å². The molecule has 7 nitrogen and oxygen atoms in total. The van der Waals surface area contributed by atoms with Gasteiger partial charge in [0.05, 0.1) is 12.2 Å². The molecule has 6 atom stereocenters. The predicted octanol–water partition coefficient (Wildman–Crippen LogP) is 3.39. The lowest BCUT2D eigenvalue weighted by molar-refractivity contribution is -0.193. The normalized spacial score (nSPS) is 38.4. The van der Waals surface area contributed by atoms with Crippen LogP contribution in [0.2, 0.25) is 0 Å². The molecule has 3 fully saturated rings. The SMILES string of the molecule is C=C1CCC2[C@@](C)(CC[C@H]3OC(=O)OC[C@@]23C)C1CC(NCCOC)C1=CCOC1=O. The van der Waals surface area contributed by atoms with E-state index in [1.807, 2.05) is 6.08 Å². The monoisotopic (exact) mass is 433 g/mol. The molecule has 0 spiro atoms. The summed E-state index contributed by atoms with van der Waals surface area (Å²) >= 11 is 0. The summed E-state index contributed by atoms with van der Waals surface area (Å²) in [4.78, 5) is 24.1. The average molecular weight is 434 g/mol. The summed E-state index contributed by atoms with van der Waals surface area (Å²) in [6.45, 7) is 11.0. The molecule has 0 bridgehead atoms. The second-order valence-corrected chi connectivity index (χ2v) is 9.99. The van der Waals surface area contributed by atoms with Gasteiger partial charge in [-0.2, -0.15) is 0 Å². The summed E-state index contributed by atoms with van der Waals surface area (Å²) in [6.07, 6.45) is 5.79. The minimum atomic E-state index is -0.545. The van der Waals surface area contributed by atoms with Crippen molar-refractivity contribution >= 4 is 12.1 Å². The highest BCUT2D eigenvalue weighted by atomic mass is 16.7. The zero-order valence-electron chi connectivity index (χ0n) is 18.9. The van der Waals surface area contributed by atoms with E-state index in [9.17, 15) is 9.59 Å². The molecule has 172 valence electrons. The lowest BCUT2D eigenvalue weighted by atomic mass is 9.45. The van der Waals surface area contributed by atoms with E-state index >= 15 is 0 Å². The molecule has 2 aliphatic carbocycles. The number of cyclic esters (lactones) is 2. The fourth-order valence-corrected chi connectivity index (χ4v) is 6.71. The predicted molar refractivity (Wildman–Crippen MR) is 114 cm³/mol. The van der Waals surface area contributed by atoms with Crippen molar-refractivity contribution in [2.75, 3.05) is 33.5 Å². The number of esters is 1. The van der Waals surface area contributed by atoms with Crippen molar-refractivity contribution in [1.82, 2.24) is 5.32 Å². The highest BCUT2D eigenvalue weighted by molar-refractivity contribution is 5.91. The van der Waals surface area contributed by atoms with Gasteiger partial charge in [-0.25, -0.2) is 9.59 Å². The van der Waals surface area contributed by atoms with Gasteiger partial charge in [-0.1, -0.05) is 26.0 Å². The van der Waals surface area contributed by atoms with E-state index in [1.165, 1.54) is 5.57 Å². The topological polar surface area (TPSA) is 83.1 Å². The summed E-state index contributed by atoms with van der Waals surface area (Å²) in [7, 11) is 1.67. The van der Waals surface area contributed by atoms with Crippen LogP contribution in [0.15, 0.2) is 23.8 Å². The van der Waals surface area contributed by atoms with Crippen molar-refractivity contribution < 1.29 is 28.5 Å². The summed E-state index contributed by atoms with van der Waals surface area (Å²) in [5, 5.41) is 3.52. The molecule has 0 aromatic heterocycles. The number of methoxy groups -OCH3 is 1. The van der Waals surface area contributed by atoms with E-state index in [0.717, 1.165) is 32.1 Å². The fraction of sp³-hybridized carbons (Fsp3) is 0.750. The van der Waals surface area contributed by atoms with Gasteiger partial charge >= 0.3 is 12.1 Å². The smallest absolute Gasteiger partial charge is 0.458 e. The van der Waals surface area contributed by atoms with Crippen molar-refractivity contribution in [3.05, 3.63) is 23.8 Å². The summed E-state index contributed by atoms with van der Waals surface area (Å²) in [5.74, 6) is 0.365. The lowest BCUT2D eigenvalue weighted by Gasteiger charge is -2.61. The molecular weight excluding hydrogens is 398 g/mol. The van der Waals surface area contributed by atoms with Gasteiger partial charge in [0.2, 0.25) is 0 Å². The first kappa shape index (κ1) is 22.3. The van der Waals surface area contributed by atoms with Crippen molar-refractivity contribution in [3.63, 3.8) is 0 Å². The van der Waals surface area contributed by atoms with Gasteiger partial charge in [-0.05, 0) is 55.4 Å². The quantitative estimate of drug-likeness (QED) is 0.374. The van der Waals surface area contributed by atoms with E-state index < -0.39 is 6.16 Å². The first-order chi connectivity index (χ1) is 14.8. The van der Waals surface area contributed by atoms with Crippen LogP contribution in [-0.2, 0) is 23.7 Å². The number of ether oxygens (including phenoxy) is 4. The van der Waals surface area contributed by atoms with Crippen LogP contribution in [0.3, 0.4) is 0 Å². The van der Waals surface area contributed by atoms with Crippen molar-refractivity contribution in [3.8, 4) is 0 Å². The van der Waals surface area contributed by atoms with Gasteiger partial charge in [0, 0.05) is 25.1 Å². The van der Waals surface area contributed by atoms with Crippen molar-refractivity contribution in [1.29, 1.82) is 0 Å². The Morgan fingerprint density at radius 3 is 2.77 bits per heavy atom. The Balaban J connectivity index is 1.59. The molecule has 2 aliphatic heterocycles. The molecule has 4 aliphatic rings. The van der Waals surface area contributed by atoms with Gasteiger partial charge < -0.3 is 24.3 Å². The number of fused-ring (bicyclic) bond motifs is 3. The molecule has 0 aromatic rings. The van der Waals surface area contributed by atoms with E-state index in [-0.39, 0.29) is 34.9 Å². The molecule has 31 heavy (non-hydrogen) atoms. The van der Waals surface area contributed by atoms with Gasteiger partial charge in [0.1, 0.15) is 19.3 Å². The Kier molecular flexibility index (Phi) is 6.19. The fourth-order valence-electron chi connectivity index (χ4n) is 6.71. The third-order valence-corrected chi connectivity index (χ3v) is 8.35. The molecule has 4 rings (SSSR count). The molecule has 0 amide bonds. The number of nitrogens with one attached hydrogen (secondary N) is 1. The van der Waals surface area contributed by atoms with Crippen LogP contribution in [0.5, 0.6) is 0 Å². The third kappa shape index (κ3) is 3.91. The van der Waals surface area contributed by atoms with E-state index in [2.05, 4.69) is 25.7 Å². The summed E-state index contributed by atoms with van der Waals surface area (Å²) in [6, 6.07) is -0.103. The van der Waals surface area contributed by atoms with Crippen LogP contribution in [0.4, 0.5) is 4.79 Å². The van der Waals surface area contributed by atoms with Gasteiger partial charge in [-0.3, -0.25) is 0 Å². The van der Waals surface area contributed by atoms with Crippen LogP contribution in [0, 0.1) is 22.7 Å². The number of hydrogen-bond donors (Lipinski definition) is 1.